The van der Waals surface area contributed by atoms with E-state index in [1.807, 2.05) is 0 Å². The highest BCUT2D eigenvalue weighted by molar-refractivity contribution is 6.31. The molecule has 132 valence electrons. The summed E-state index contributed by atoms with van der Waals surface area (Å²) in [5.41, 5.74) is 0.736. The van der Waals surface area contributed by atoms with Gasteiger partial charge in [-0.1, -0.05) is 23.7 Å². The third-order valence-electron chi connectivity index (χ3n) is 3.44. The molecule has 3 rings (SSSR count). The van der Waals surface area contributed by atoms with Crippen LogP contribution in [0, 0.1) is 5.82 Å². The monoisotopic (exact) mass is 372 g/mol. The Morgan fingerprint density at radius 2 is 1.88 bits per heavy atom. The maximum Gasteiger partial charge on any atom is 0.276 e. The number of hydrogen-bond donors (Lipinski definition) is 2. The van der Waals surface area contributed by atoms with Gasteiger partial charge in [-0.25, -0.2) is 4.39 Å². The van der Waals surface area contributed by atoms with E-state index in [-0.39, 0.29) is 11.4 Å². The zero-order chi connectivity index (χ0) is 18.5. The molecule has 6 nitrogen and oxygen atoms in total. The first kappa shape index (κ1) is 17.6. The second kappa shape index (κ2) is 7.79. The molecular weight excluding hydrogens is 359 g/mol. The molecule has 1 aromatic heterocycles. The Morgan fingerprint density at radius 1 is 1.08 bits per heavy atom. The van der Waals surface area contributed by atoms with Crippen LogP contribution in [0.4, 0.5) is 21.6 Å². The van der Waals surface area contributed by atoms with Gasteiger partial charge in [0.2, 0.25) is 0 Å². The summed E-state index contributed by atoms with van der Waals surface area (Å²) in [6.07, 6.45) is 0. The summed E-state index contributed by atoms with van der Waals surface area (Å²) in [6.45, 7) is 0. The van der Waals surface area contributed by atoms with Crippen LogP contribution < -0.4 is 15.4 Å². The number of carbonyl (C=O) groups excluding carboxylic acids is 1. The van der Waals surface area contributed by atoms with Crippen LogP contribution in [0.25, 0.3) is 0 Å². The maximum atomic E-state index is 13.6. The Balaban J connectivity index is 1.73. The molecule has 0 fully saturated rings. The summed E-state index contributed by atoms with van der Waals surface area (Å²) in [5.74, 6) is -0.111. The number of amides is 1. The van der Waals surface area contributed by atoms with Gasteiger partial charge in [-0.3, -0.25) is 4.79 Å². The van der Waals surface area contributed by atoms with Crippen molar-refractivity contribution in [1.29, 1.82) is 0 Å². The lowest BCUT2D eigenvalue weighted by Crippen LogP contribution is -2.15. The molecule has 1 heterocycles. The fourth-order valence-corrected chi connectivity index (χ4v) is 2.36. The number of para-hydroxylation sites is 1. The summed E-state index contributed by atoms with van der Waals surface area (Å²) < 4.78 is 18.8. The maximum absolute atomic E-state index is 13.6. The molecule has 26 heavy (non-hydrogen) atoms. The lowest BCUT2D eigenvalue weighted by molar-refractivity contribution is 0.102. The molecule has 2 aromatic carbocycles. The van der Waals surface area contributed by atoms with Crippen LogP contribution in [0.15, 0.2) is 54.6 Å². The first-order chi connectivity index (χ1) is 12.6. The number of ether oxygens (including phenoxy) is 1. The lowest BCUT2D eigenvalue weighted by Gasteiger charge is -2.11. The summed E-state index contributed by atoms with van der Waals surface area (Å²) in [4.78, 5) is 12.1. The predicted molar refractivity (Wildman–Crippen MR) is 97.7 cm³/mol. The Labute approximate surface area is 154 Å². The van der Waals surface area contributed by atoms with Crippen molar-refractivity contribution in [1.82, 2.24) is 10.2 Å². The molecule has 3 aromatic rings. The van der Waals surface area contributed by atoms with Gasteiger partial charge < -0.3 is 15.4 Å². The average Bonchev–Trinajstić information content (AvgIpc) is 2.64. The number of methoxy groups -OCH3 is 1. The molecule has 0 aliphatic carbocycles. The van der Waals surface area contributed by atoms with Gasteiger partial charge in [-0.05, 0) is 42.5 Å². The van der Waals surface area contributed by atoms with Crippen molar-refractivity contribution < 1.29 is 13.9 Å². The molecule has 8 heteroatoms. The van der Waals surface area contributed by atoms with Crippen LogP contribution in [0.1, 0.15) is 10.5 Å². The van der Waals surface area contributed by atoms with E-state index in [2.05, 4.69) is 20.8 Å². The molecule has 1 amide bonds. The number of hydrogen-bond acceptors (Lipinski definition) is 5. The van der Waals surface area contributed by atoms with Crippen molar-refractivity contribution in [2.75, 3.05) is 17.7 Å². The number of carbonyl (C=O) groups is 1. The minimum atomic E-state index is -0.561. The fourth-order valence-electron chi connectivity index (χ4n) is 2.18. The molecule has 0 bridgehead atoms. The zero-order valence-corrected chi connectivity index (χ0v) is 14.4. The van der Waals surface area contributed by atoms with E-state index in [1.54, 1.807) is 30.3 Å². The number of nitrogens with one attached hydrogen (secondary N) is 2. The SMILES string of the molecule is COc1ccc(Cl)cc1Nc1ccc(C(=O)Nc2ccccc2F)nn1. The third-order valence-corrected chi connectivity index (χ3v) is 3.68. The van der Waals surface area contributed by atoms with Crippen LogP contribution in [-0.2, 0) is 0 Å². The zero-order valence-electron chi connectivity index (χ0n) is 13.7. The molecular formula is C18H14ClFN4O2. The predicted octanol–water partition coefficient (Wildman–Crippen LogP) is 4.27. The number of nitrogens with zero attached hydrogens (tertiary/aromatic N) is 2. The Bertz CT molecular complexity index is 935. The van der Waals surface area contributed by atoms with E-state index in [1.165, 1.54) is 31.4 Å². The van der Waals surface area contributed by atoms with Crippen molar-refractivity contribution in [3.8, 4) is 5.75 Å². The highest BCUT2D eigenvalue weighted by Gasteiger charge is 2.12. The number of benzene rings is 2. The normalized spacial score (nSPS) is 10.3. The van der Waals surface area contributed by atoms with Crippen molar-refractivity contribution in [2.24, 2.45) is 0 Å². The summed E-state index contributed by atoms with van der Waals surface area (Å²) >= 11 is 5.98. The van der Waals surface area contributed by atoms with Gasteiger partial charge >= 0.3 is 0 Å². The van der Waals surface area contributed by atoms with E-state index in [0.717, 1.165) is 0 Å². The second-order valence-electron chi connectivity index (χ2n) is 5.21. The van der Waals surface area contributed by atoms with E-state index in [9.17, 15) is 9.18 Å². The molecule has 0 aliphatic rings. The smallest absolute Gasteiger partial charge is 0.276 e. The summed E-state index contributed by atoms with van der Waals surface area (Å²) in [5, 5.41) is 13.8. The largest absolute Gasteiger partial charge is 0.495 e. The highest BCUT2D eigenvalue weighted by Crippen LogP contribution is 2.29. The molecule has 0 aliphatic heterocycles. The van der Waals surface area contributed by atoms with E-state index >= 15 is 0 Å². The minimum absolute atomic E-state index is 0.0527. The topological polar surface area (TPSA) is 76.1 Å². The molecule has 0 saturated carbocycles. The Kier molecular flexibility index (Phi) is 5.28. The molecule has 0 unspecified atom stereocenters. The number of halogens is 2. The fraction of sp³-hybridized carbons (Fsp3) is 0.0556. The molecule has 0 spiro atoms. The van der Waals surface area contributed by atoms with Gasteiger partial charge in [0.1, 0.15) is 11.6 Å². The first-order valence-corrected chi connectivity index (χ1v) is 7.95. The van der Waals surface area contributed by atoms with E-state index in [0.29, 0.717) is 22.3 Å². The van der Waals surface area contributed by atoms with Gasteiger partial charge in [0.25, 0.3) is 5.91 Å². The van der Waals surface area contributed by atoms with Gasteiger partial charge in [-0.15, -0.1) is 10.2 Å². The summed E-state index contributed by atoms with van der Waals surface area (Å²) in [7, 11) is 1.54. The van der Waals surface area contributed by atoms with Gasteiger partial charge in [0.05, 0.1) is 18.5 Å². The second-order valence-corrected chi connectivity index (χ2v) is 5.64. The molecule has 0 atom stereocenters. The lowest BCUT2D eigenvalue weighted by atomic mass is 10.2. The number of aromatic nitrogens is 2. The molecule has 0 saturated heterocycles. The summed E-state index contributed by atoms with van der Waals surface area (Å²) in [6, 6.07) is 14.0. The number of anilines is 3. The van der Waals surface area contributed by atoms with Crippen LogP contribution >= 0.6 is 11.6 Å². The standard InChI is InChI=1S/C18H14ClFN4O2/c1-26-16-8-6-11(19)10-15(16)21-17-9-7-14(23-24-17)18(25)22-13-5-3-2-4-12(13)20/h2-10H,1H3,(H,21,24)(H,22,25). The average molecular weight is 373 g/mol. The molecule has 2 N–H and O–H groups in total. The van der Waals surface area contributed by atoms with Gasteiger partial charge in [0.15, 0.2) is 11.5 Å². The van der Waals surface area contributed by atoms with Gasteiger partial charge in [0, 0.05) is 5.02 Å². The third kappa shape index (κ3) is 4.07. The van der Waals surface area contributed by atoms with Crippen LogP contribution in [-0.4, -0.2) is 23.2 Å². The van der Waals surface area contributed by atoms with Crippen LogP contribution in [0.5, 0.6) is 5.75 Å². The van der Waals surface area contributed by atoms with Crippen LogP contribution in [0.2, 0.25) is 5.02 Å². The van der Waals surface area contributed by atoms with E-state index in [4.69, 9.17) is 16.3 Å². The number of rotatable bonds is 5. The molecule has 0 radical (unpaired) electrons. The quantitative estimate of drug-likeness (QED) is 0.699. The minimum Gasteiger partial charge on any atom is -0.495 e. The van der Waals surface area contributed by atoms with Crippen molar-refractivity contribution >= 4 is 34.7 Å². The van der Waals surface area contributed by atoms with E-state index < -0.39 is 11.7 Å². The van der Waals surface area contributed by atoms with Gasteiger partial charge in [-0.2, -0.15) is 0 Å². The Hall–Kier alpha value is -3.19. The van der Waals surface area contributed by atoms with Crippen molar-refractivity contribution in [2.45, 2.75) is 0 Å². The van der Waals surface area contributed by atoms with Crippen LogP contribution in [0.3, 0.4) is 0 Å². The highest BCUT2D eigenvalue weighted by atomic mass is 35.5. The van der Waals surface area contributed by atoms with Crippen molar-refractivity contribution in [3.05, 3.63) is 71.1 Å². The van der Waals surface area contributed by atoms with Crippen molar-refractivity contribution in [3.63, 3.8) is 0 Å². The first-order valence-electron chi connectivity index (χ1n) is 7.57. The Morgan fingerprint density at radius 3 is 2.58 bits per heavy atom.